The van der Waals surface area contributed by atoms with Crippen molar-refractivity contribution in [1.29, 1.82) is 0 Å². The van der Waals surface area contributed by atoms with Gasteiger partial charge in [0.1, 0.15) is 5.65 Å². The van der Waals surface area contributed by atoms with E-state index in [0.717, 1.165) is 66.9 Å². The van der Waals surface area contributed by atoms with E-state index in [1.54, 1.807) is 0 Å². The zero-order valence-electron chi connectivity index (χ0n) is 25.5. The van der Waals surface area contributed by atoms with Crippen molar-refractivity contribution in [2.45, 2.75) is 0 Å². The third-order valence-electron chi connectivity index (χ3n) is 9.95. The first-order valence-corrected chi connectivity index (χ1v) is 16.5. The molecule has 0 N–H and O–H groups in total. The normalized spacial score (nSPS) is 12.8. The minimum Gasteiger partial charge on any atom is -0.453 e. The van der Waals surface area contributed by atoms with E-state index in [-0.39, 0.29) is 0 Å². The van der Waals surface area contributed by atoms with Gasteiger partial charge in [-0.2, -0.15) is 0 Å². The van der Waals surface area contributed by atoms with Crippen LogP contribution in [0, 0.1) is 0 Å². The third-order valence-corrected chi connectivity index (χ3v) is 10.2. The fourth-order valence-electron chi connectivity index (χ4n) is 7.89. The van der Waals surface area contributed by atoms with E-state index in [4.69, 9.17) is 21.3 Å². The minimum atomic E-state index is 0.632. The lowest BCUT2D eigenvalue weighted by molar-refractivity contribution is 0.478. The molecule has 48 heavy (non-hydrogen) atoms. The van der Waals surface area contributed by atoms with Gasteiger partial charge in [0.15, 0.2) is 11.5 Å². The average Bonchev–Trinajstić information content (AvgIpc) is 3.53. The highest BCUT2D eigenvalue weighted by atomic mass is 35.5. The van der Waals surface area contributed by atoms with Crippen molar-refractivity contribution in [1.82, 2.24) is 9.38 Å². The lowest BCUT2D eigenvalue weighted by Crippen LogP contribution is -2.16. The highest BCUT2D eigenvalue weighted by molar-refractivity contribution is 6.31. The second-order valence-electron chi connectivity index (χ2n) is 12.5. The Morgan fingerprint density at radius 2 is 1.06 bits per heavy atom. The van der Waals surface area contributed by atoms with Gasteiger partial charge in [-0.15, -0.1) is 0 Å². The van der Waals surface area contributed by atoms with Gasteiger partial charge in [-0.1, -0.05) is 90.5 Å². The van der Waals surface area contributed by atoms with Crippen LogP contribution in [0.5, 0.6) is 11.5 Å². The number of imidazole rings is 1. The fraction of sp³-hybridized carbons (Fsp3) is 0. The Bertz CT molecular complexity index is 3020. The number of rotatable bonds is 1. The minimum absolute atomic E-state index is 0.632. The molecule has 0 aliphatic carbocycles. The number of benzene rings is 8. The van der Waals surface area contributed by atoms with Crippen molar-refractivity contribution in [3.8, 4) is 11.5 Å². The number of para-hydroxylation sites is 3. The molecule has 0 amide bonds. The molecule has 0 spiro atoms. The molecule has 3 heterocycles. The van der Waals surface area contributed by atoms with E-state index in [1.807, 2.05) is 18.2 Å². The van der Waals surface area contributed by atoms with E-state index < -0.39 is 0 Å². The zero-order valence-corrected chi connectivity index (χ0v) is 26.2. The van der Waals surface area contributed by atoms with Crippen molar-refractivity contribution in [2.24, 2.45) is 0 Å². The van der Waals surface area contributed by atoms with Crippen LogP contribution in [0.15, 0.2) is 146 Å². The number of pyridine rings is 1. The molecular formula is C43H24ClN3O. The van der Waals surface area contributed by atoms with Crippen LogP contribution in [0.25, 0.3) is 70.7 Å². The number of ether oxygens (including phenoxy) is 1. The van der Waals surface area contributed by atoms with Crippen molar-refractivity contribution < 1.29 is 4.74 Å². The Morgan fingerprint density at radius 1 is 0.458 bits per heavy atom. The molecule has 5 heteroatoms. The van der Waals surface area contributed by atoms with Crippen LogP contribution in [-0.2, 0) is 0 Å². The Kier molecular flexibility index (Phi) is 5.14. The van der Waals surface area contributed by atoms with E-state index in [9.17, 15) is 0 Å². The third kappa shape index (κ3) is 3.47. The molecule has 0 saturated carbocycles. The van der Waals surface area contributed by atoms with Crippen LogP contribution in [0.4, 0.5) is 17.1 Å². The molecule has 0 unspecified atom stereocenters. The van der Waals surface area contributed by atoms with Gasteiger partial charge >= 0.3 is 0 Å². The Hall–Kier alpha value is -6.10. The molecule has 0 radical (unpaired) electrons. The summed E-state index contributed by atoms with van der Waals surface area (Å²) in [7, 11) is 0. The summed E-state index contributed by atoms with van der Waals surface area (Å²) in [4.78, 5) is 7.43. The van der Waals surface area contributed by atoms with Gasteiger partial charge < -0.3 is 9.64 Å². The van der Waals surface area contributed by atoms with Crippen LogP contribution < -0.4 is 9.64 Å². The summed E-state index contributed by atoms with van der Waals surface area (Å²) < 4.78 is 8.98. The van der Waals surface area contributed by atoms with E-state index in [0.29, 0.717) is 5.02 Å². The Balaban J connectivity index is 1.24. The molecule has 0 fully saturated rings. The predicted molar refractivity (Wildman–Crippen MR) is 200 cm³/mol. The number of hydrogen-bond donors (Lipinski definition) is 0. The summed E-state index contributed by atoms with van der Waals surface area (Å²) in [6.45, 7) is 0. The predicted octanol–water partition coefficient (Wildman–Crippen LogP) is 12.5. The Morgan fingerprint density at radius 3 is 1.83 bits per heavy atom. The zero-order chi connectivity index (χ0) is 31.5. The number of halogens is 1. The van der Waals surface area contributed by atoms with Crippen LogP contribution in [0.2, 0.25) is 5.02 Å². The number of hydrogen-bond acceptors (Lipinski definition) is 3. The molecule has 10 aromatic rings. The molecule has 0 saturated heterocycles. The van der Waals surface area contributed by atoms with Crippen molar-refractivity contribution in [3.05, 3.63) is 151 Å². The molecule has 0 atom stereocenters. The second-order valence-corrected chi connectivity index (χ2v) is 12.9. The summed E-state index contributed by atoms with van der Waals surface area (Å²) in [6.07, 6.45) is 0. The van der Waals surface area contributed by atoms with Crippen LogP contribution in [0.1, 0.15) is 0 Å². The number of nitrogens with zero attached hydrogens (tertiary/aromatic N) is 3. The quantitative estimate of drug-likeness (QED) is 0.168. The van der Waals surface area contributed by atoms with Crippen LogP contribution in [-0.4, -0.2) is 9.38 Å². The van der Waals surface area contributed by atoms with E-state index >= 15 is 0 Å². The van der Waals surface area contributed by atoms with Crippen LogP contribution >= 0.6 is 11.6 Å². The smallest absolute Gasteiger partial charge is 0.153 e. The summed E-state index contributed by atoms with van der Waals surface area (Å²) in [5, 5.41) is 11.3. The van der Waals surface area contributed by atoms with Crippen molar-refractivity contribution in [2.75, 3.05) is 4.90 Å². The first-order chi connectivity index (χ1) is 23.7. The molecule has 1 aliphatic rings. The molecule has 11 rings (SSSR count). The summed E-state index contributed by atoms with van der Waals surface area (Å²) in [5.41, 5.74) is 7.13. The lowest BCUT2D eigenvalue weighted by Gasteiger charge is -2.33. The maximum atomic E-state index is 6.69. The molecular weight excluding hydrogens is 610 g/mol. The van der Waals surface area contributed by atoms with Gasteiger partial charge in [0, 0.05) is 27.5 Å². The summed E-state index contributed by atoms with van der Waals surface area (Å²) in [6, 6.07) is 51.4. The van der Waals surface area contributed by atoms with E-state index in [2.05, 4.69) is 137 Å². The van der Waals surface area contributed by atoms with Crippen molar-refractivity contribution in [3.63, 3.8) is 0 Å². The number of anilines is 3. The highest BCUT2D eigenvalue weighted by Gasteiger charge is 2.28. The molecule has 8 aromatic carbocycles. The standard InChI is InChI=1S/C43H24ClN3O/c44-25-17-20-39-41(21-25)48-42-24-35-30-12-4-2-10-28(30)27-9-1-3-11-29(27)34(35)23-40(42)46(39)26-18-19-32-33(22-26)31-13-5-7-15-37(31)47-38-16-8-6-14-36(38)45-43(32)47/h1-24H. The van der Waals surface area contributed by atoms with Gasteiger partial charge in [-0.25, -0.2) is 4.98 Å². The maximum absolute atomic E-state index is 6.69. The molecule has 4 nitrogen and oxygen atoms in total. The average molecular weight is 634 g/mol. The lowest BCUT2D eigenvalue weighted by atomic mass is 9.93. The molecule has 224 valence electrons. The summed E-state index contributed by atoms with van der Waals surface area (Å²) in [5.74, 6) is 1.51. The van der Waals surface area contributed by atoms with Gasteiger partial charge in [-0.05, 0) is 98.4 Å². The van der Waals surface area contributed by atoms with Gasteiger partial charge in [-0.3, -0.25) is 4.40 Å². The van der Waals surface area contributed by atoms with Crippen molar-refractivity contribution >= 4 is 99.3 Å². The topological polar surface area (TPSA) is 29.8 Å². The number of aromatic nitrogens is 2. The van der Waals surface area contributed by atoms with Crippen LogP contribution in [0.3, 0.4) is 0 Å². The number of fused-ring (bicyclic) bond motifs is 16. The molecule has 1 aliphatic heterocycles. The highest BCUT2D eigenvalue weighted by Crippen LogP contribution is 2.54. The maximum Gasteiger partial charge on any atom is 0.153 e. The first kappa shape index (κ1) is 26.0. The second kappa shape index (κ2) is 9.47. The monoisotopic (exact) mass is 633 g/mol. The first-order valence-electron chi connectivity index (χ1n) is 16.1. The van der Waals surface area contributed by atoms with Gasteiger partial charge in [0.05, 0.1) is 27.9 Å². The van der Waals surface area contributed by atoms with Gasteiger partial charge in [0.2, 0.25) is 0 Å². The fourth-order valence-corrected chi connectivity index (χ4v) is 8.06. The SMILES string of the molecule is Clc1ccc2c(c1)Oc1cc3c4ccccc4c4ccccc4c3cc1N2c1ccc2c(c1)c1ccccc1n1c3ccccc3nc21. The molecule has 0 bridgehead atoms. The largest absolute Gasteiger partial charge is 0.453 e. The van der Waals surface area contributed by atoms with Gasteiger partial charge in [0.25, 0.3) is 0 Å². The Labute approximate surface area is 279 Å². The molecule has 2 aromatic heterocycles. The summed E-state index contributed by atoms with van der Waals surface area (Å²) >= 11 is 6.56. The van der Waals surface area contributed by atoms with E-state index in [1.165, 1.54) is 32.3 Å².